The Kier molecular flexibility index (Phi) is 6.98. The number of aliphatic hydroxyl groups is 1. The Hall–Kier alpha value is -2.59. The number of carbonyl (C=O) groups is 2. The monoisotopic (exact) mass is 359 g/mol. The van der Waals surface area contributed by atoms with Gasteiger partial charge in [0, 0.05) is 12.2 Å². The Morgan fingerprint density at radius 1 is 1.31 bits per heavy atom. The normalized spacial score (nSPS) is 16.8. The summed E-state index contributed by atoms with van der Waals surface area (Å²) in [5.41, 5.74) is -0.0513. The van der Waals surface area contributed by atoms with E-state index in [0.717, 1.165) is 19.3 Å². The molecule has 7 heteroatoms. The van der Waals surface area contributed by atoms with Crippen molar-refractivity contribution >= 4 is 17.6 Å². The van der Waals surface area contributed by atoms with Crippen molar-refractivity contribution < 1.29 is 19.4 Å². The summed E-state index contributed by atoms with van der Waals surface area (Å²) in [4.78, 5) is 24.8. The predicted molar refractivity (Wildman–Crippen MR) is 96.5 cm³/mol. The third-order valence-corrected chi connectivity index (χ3v) is 4.51. The van der Waals surface area contributed by atoms with Gasteiger partial charge >= 0.3 is 5.97 Å². The zero-order chi connectivity index (χ0) is 19.0. The lowest BCUT2D eigenvalue weighted by molar-refractivity contribution is -0.130. The minimum atomic E-state index is -1.01. The number of rotatable bonds is 7. The van der Waals surface area contributed by atoms with Gasteiger partial charge in [-0.05, 0) is 31.9 Å². The van der Waals surface area contributed by atoms with Crippen LogP contribution in [-0.2, 0) is 9.53 Å². The van der Waals surface area contributed by atoms with Crippen LogP contribution in [0, 0.1) is 11.3 Å². The van der Waals surface area contributed by atoms with Gasteiger partial charge in [0.15, 0.2) is 6.10 Å². The Labute approximate surface area is 153 Å². The van der Waals surface area contributed by atoms with Crippen LogP contribution in [0.25, 0.3) is 0 Å². The Balaban J connectivity index is 2.00. The molecular weight excluding hydrogens is 334 g/mol. The maximum atomic E-state index is 12.4. The fourth-order valence-electron chi connectivity index (χ4n) is 3.04. The number of esters is 1. The lowest BCUT2D eigenvalue weighted by atomic mass is 9.83. The molecule has 0 saturated heterocycles. The van der Waals surface area contributed by atoms with E-state index in [4.69, 9.17) is 9.84 Å². The van der Waals surface area contributed by atoms with E-state index >= 15 is 0 Å². The van der Waals surface area contributed by atoms with E-state index in [9.17, 15) is 14.9 Å². The lowest BCUT2D eigenvalue weighted by Gasteiger charge is -2.32. The van der Waals surface area contributed by atoms with Crippen molar-refractivity contribution in [2.75, 3.05) is 18.5 Å². The highest BCUT2D eigenvalue weighted by Crippen LogP contribution is 2.27. The van der Waals surface area contributed by atoms with Crippen LogP contribution in [0.5, 0.6) is 0 Å². The maximum absolute atomic E-state index is 12.4. The van der Waals surface area contributed by atoms with E-state index in [2.05, 4.69) is 16.7 Å². The topological polar surface area (TPSA) is 111 Å². The third-order valence-electron chi connectivity index (χ3n) is 4.51. The van der Waals surface area contributed by atoms with Crippen molar-refractivity contribution in [1.29, 1.82) is 5.26 Å². The Morgan fingerprint density at radius 2 is 2.00 bits per heavy atom. The summed E-state index contributed by atoms with van der Waals surface area (Å²) in [7, 11) is 0. The smallest absolute Gasteiger partial charge is 0.341 e. The summed E-state index contributed by atoms with van der Waals surface area (Å²) in [5.74, 6) is -1.11. The van der Waals surface area contributed by atoms with Crippen LogP contribution in [0.3, 0.4) is 0 Å². The molecule has 1 fully saturated rings. The van der Waals surface area contributed by atoms with Gasteiger partial charge in [-0.1, -0.05) is 31.4 Å². The molecule has 1 aromatic carbocycles. The molecular formula is C19H25N3O4. The van der Waals surface area contributed by atoms with Gasteiger partial charge in [0.05, 0.1) is 18.2 Å². The summed E-state index contributed by atoms with van der Waals surface area (Å²) in [6.07, 6.45) is 3.06. The highest BCUT2D eigenvalue weighted by Gasteiger charge is 2.35. The minimum Gasteiger partial charge on any atom is -0.449 e. The van der Waals surface area contributed by atoms with Gasteiger partial charge in [-0.3, -0.25) is 4.79 Å². The minimum absolute atomic E-state index is 0.0710. The highest BCUT2D eigenvalue weighted by molar-refractivity contribution is 5.97. The van der Waals surface area contributed by atoms with Crippen LogP contribution >= 0.6 is 0 Å². The number of benzene rings is 1. The van der Waals surface area contributed by atoms with E-state index < -0.39 is 23.5 Å². The second-order valence-corrected chi connectivity index (χ2v) is 6.49. The van der Waals surface area contributed by atoms with Gasteiger partial charge < -0.3 is 20.5 Å². The second-order valence-electron chi connectivity index (χ2n) is 6.49. The van der Waals surface area contributed by atoms with Crippen molar-refractivity contribution in [3.63, 3.8) is 0 Å². The van der Waals surface area contributed by atoms with E-state index in [1.807, 2.05) is 0 Å². The van der Waals surface area contributed by atoms with Gasteiger partial charge in [0.25, 0.3) is 5.91 Å². The standard InChI is InChI=1S/C19H25N3O4/c1-14(17(24)22-19(13-20)9-5-2-6-10-19)26-18(25)15-7-3-4-8-16(15)21-11-12-23/h3-4,7-8,14,21,23H,2,5-6,9-12H2,1H3,(H,22,24)/t14-/m1/s1. The molecule has 140 valence electrons. The summed E-state index contributed by atoms with van der Waals surface area (Å²) in [6, 6.07) is 8.95. The van der Waals surface area contributed by atoms with E-state index in [0.29, 0.717) is 25.1 Å². The number of aliphatic hydroxyl groups excluding tert-OH is 1. The molecule has 26 heavy (non-hydrogen) atoms. The number of hydrogen-bond donors (Lipinski definition) is 3. The van der Waals surface area contributed by atoms with Crippen molar-refractivity contribution in [2.45, 2.75) is 50.7 Å². The predicted octanol–water partition coefficient (Wildman–Crippen LogP) is 1.98. The Morgan fingerprint density at radius 3 is 2.65 bits per heavy atom. The van der Waals surface area contributed by atoms with Gasteiger partial charge in [-0.2, -0.15) is 5.26 Å². The molecule has 0 spiro atoms. The fraction of sp³-hybridized carbons (Fsp3) is 0.526. The number of hydrogen-bond acceptors (Lipinski definition) is 6. The average Bonchev–Trinajstić information content (AvgIpc) is 2.67. The van der Waals surface area contributed by atoms with Crippen LogP contribution in [0.4, 0.5) is 5.69 Å². The zero-order valence-electron chi connectivity index (χ0n) is 15.0. The molecule has 1 amide bonds. The van der Waals surface area contributed by atoms with E-state index in [1.54, 1.807) is 24.3 Å². The van der Waals surface area contributed by atoms with Crippen LogP contribution in [0.15, 0.2) is 24.3 Å². The summed E-state index contributed by atoms with van der Waals surface area (Å²) >= 11 is 0. The molecule has 0 heterocycles. The van der Waals surface area contributed by atoms with Crippen LogP contribution < -0.4 is 10.6 Å². The largest absolute Gasteiger partial charge is 0.449 e. The second kappa shape index (κ2) is 9.20. The van der Waals surface area contributed by atoms with Crippen LogP contribution in [0.1, 0.15) is 49.4 Å². The van der Waals surface area contributed by atoms with Crippen molar-refractivity contribution in [2.24, 2.45) is 0 Å². The average molecular weight is 359 g/mol. The summed E-state index contributed by atoms with van der Waals surface area (Å²) < 4.78 is 5.29. The van der Waals surface area contributed by atoms with E-state index in [1.165, 1.54) is 6.92 Å². The maximum Gasteiger partial charge on any atom is 0.341 e. The summed E-state index contributed by atoms with van der Waals surface area (Å²) in [5, 5.41) is 24.1. The number of carbonyl (C=O) groups excluding carboxylic acids is 2. The lowest BCUT2D eigenvalue weighted by Crippen LogP contribution is -2.52. The first-order valence-corrected chi connectivity index (χ1v) is 8.89. The number of nitrogens with one attached hydrogen (secondary N) is 2. The van der Waals surface area contributed by atoms with Crippen molar-refractivity contribution in [1.82, 2.24) is 5.32 Å². The molecule has 7 nitrogen and oxygen atoms in total. The molecule has 1 atom stereocenters. The highest BCUT2D eigenvalue weighted by atomic mass is 16.5. The number of amides is 1. The first-order chi connectivity index (χ1) is 12.5. The number of nitrogens with zero attached hydrogens (tertiary/aromatic N) is 1. The van der Waals surface area contributed by atoms with Gasteiger partial charge in [-0.25, -0.2) is 4.79 Å². The van der Waals surface area contributed by atoms with Crippen LogP contribution in [0.2, 0.25) is 0 Å². The first kappa shape index (κ1) is 19.7. The molecule has 0 aliphatic heterocycles. The number of anilines is 1. The van der Waals surface area contributed by atoms with Crippen molar-refractivity contribution in [3.8, 4) is 6.07 Å². The third kappa shape index (κ3) is 4.96. The molecule has 1 aliphatic rings. The van der Waals surface area contributed by atoms with Gasteiger partial charge in [0.1, 0.15) is 5.54 Å². The zero-order valence-corrected chi connectivity index (χ0v) is 15.0. The SMILES string of the molecule is C[C@@H](OC(=O)c1ccccc1NCCO)C(=O)NC1(C#N)CCCCC1. The number of nitriles is 1. The fourth-order valence-corrected chi connectivity index (χ4v) is 3.04. The molecule has 3 N–H and O–H groups in total. The quantitative estimate of drug-likeness (QED) is 0.642. The Bertz CT molecular complexity index is 678. The molecule has 0 radical (unpaired) electrons. The molecule has 1 aliphatic carbocycles. The number of para-hydroxylation sites is 1. The van der Waals surface area contributed by atoms with Gasteiger partial charge in [-0.15, -0.1) is 0 Å². The van der Waals surface area contributed by atoms with Gasteiger partial charge in [0.2, 0.25) is 0 Å². The molecule has 2 rings (SSSR count). The first-order valence-electron chi connectivity index (χ1n) is 8.89. The summed E-state index contributed by atoms with van der Waals surface area (Å²) in [6.45, 7) is 1.72. The number of ether oxygens (including phenoxy) is 1. The molecule has 0 bridgehead atoms. The van der Waals surface area contributed by atoms with Crippen molar-refractivity contribution in [3.05, 3.63) is 29.8 Å². The van der Waals surface area contributed by atoms with E-state index in [-0.39, 0.29) is 12.2 Å². The molecule has 0 aromatic heterocycles. The molecule has 0 unspecified atom stereocenters. The van der Waals surface area contributed by atoms with Crippen LogP contribution in [-0.4, -0.2) is 41.8 Å². The molecule has 1 saturated carbocycles. The molecule has 1 aromatic rings.